The first-order chi connectivity index (χ1) is 16.7. The molecule has 0 aromatic carbocycles. The summed E-state index contributed by atoms with van der Waals surface area (Å²) in [6.07, 6.45) is 8.83. The van der Waals surface area contributed by atoms with Crippen molar-refractivity contribution in [1.29, 1.82) is 0 Å². The molecule has 0 radical (unpaired) electrons. The molecule has 8 atom stereocenters. The zero-order chi connectivity index (χ0) is 28.0. The Kier molecular flexibility index (Phi) is 7.20. The third kappa shape index (κ3) is 4.38. The number of aldehydes is 1. The van der Waals surface area contributed by atoms with Crippen molar-refractivity contribution in [2.45, 2.75) is 149 Å². The van der Waals surface area contributed by atoms with Gasteiger partial charge in [-0.1, -0.05) is 68.5 Å². The van der Waals surface area contributed by atoms with Crippen molar-refractivity contribution in [3.63, 3.8) is 0 Å². The number of hydrogen-bond donors (Lipinski definition) is 0. The average Bonchev–Trinajstić information content (AvgIpc) is 3.07. The number of carbonyl (C=O) groups is 2. The van der Waals surface area contributed by atoms with Crippen LogP contribution < -0.4 is 0 Å². The Morgan fingerprint density at radius 1 is 0.892 bits per heavy atom. The van der Waals surface area contributed by atoms with Gasteiger partial charge in [-0.25, -0.2) is 0 Å². The Hall–Kier alpha value is -0.466. The number of rotatable bonds is 4. The maximum Gasteiger partial charge on any atom is 0.214 e. The molecule has 0 spiro atoms. The summed E-state index contributed by atoms with van der Waals surface area (Å²) in [5.41, 5.74) is 0.262. The molecule has 3 unspecified atom stereocenters. The van der Waals surface area contributed by atoms with Crippen LogP contribution in [0.1, 0.15) is 100 Å². The fourth-order valence-electron chi connectivity index (χ4n) is 8.80. The van der Waals surface area contributed by atoms with E-state index in [2.05, 4.69) is 86.1 Å². The molecule has 1 amide bonds. The number of amides is 1. The van der Waals surface area contributed by atoms with E-state index in [0.29, 0.717) is 36.2 Å². The van der Waals surface area contributed by atoms with E-state index in [-0.39, 0.29) is 32.9 Å². The molecular weight excluding hydrogens is 491 g/mol. The summed E-state index contributed by atoms with van der Waals surface area (Å²) in [6.45, 7) is 28.5. The number of nitrogens with zero attached hydrogens (tertiary/aromatic N) is 1. The molecule has 3 aliphatic carbocycles. The Morgan fingerprint density at radius 3 is 2.03 bits per heavy atom. The lowest BCUT2D eigenvalue weighted by molar-refractivity contribution is -0.165. The van der Waals surface area contributed by atoms with Gasteiger partial charge in [0.15, 0.2) is 16.6 Å². The molecule has 0 aromatic heterocycles. The van der Waals surface area contributed by atoms with Crippen LogP contribution in [0.2, 0.25) is 36.3 Å². The van der Waals surface area contributed by atoms with E-state index >= 15 is 0 Å². The number of fused-ring (bicyclic) bond motifs is 5. The lowest BCUT2D eigenvalue weighted by Gasteiger charge is -2.66. The maximum atomic E-state index is 13.6. The standard InChI is InChI=1S/C31H57NO3Si2/c1-28(2,3)36(9,10)32-24-19-21(20-33)27-22-13-14-25(35-37(11,12)29(4,5)6)31(22,8)17-15-23(27)30(24,7)18-16-26(32)34/h20-25,27H,13-19H2,1-12H3/t21?,22-,23+,24?,25?,27-,30+,31-/m0/s1. The molecule has 6 heteroatoms. The highest BCUT2D eigenvalue weighted by Crippen LogP contribution is 2.67. The molecule has 4 rings (SSSR count). The second kappa shape index (κ2) is 9.02. The fourth-order valence-corrected chi connectivity index (χ4v) is 12.9. The predicted octanol–water partition coefficient (Wildman–Crippen LogP) is 8.04. The Balaban J connectivity index is 1.69. The number of hydrogen-bond acceptors (Lipinski definition) is 3. The van der Waals surface area contributed by atoms with Gasteiger partial charge >= 0.3 is 0 Å². The molecule has 1 heterocycles. The van der Waals surface area contributed by atoms with E-state index in [9.17, 15) is 9.59 Å². The van der Waals surface area contributed by atoms with Gasteiger partial charge in [0.25, 0.3) is 0 Å². The summed E-state index contributed by atoms with van der Waals surface area (Å²) in [7, 11) is -3.94. The van der Waals surface area contributed by atoms with E-state index in [1.807, 2.05) is 0 Å². The van der Waals surface area contributed by atoms with Gasteiger partial charge in [0.2, 0.25) is 5.91 Å². The smallest absolute Gasteiger partial charge is 0.214 e. The summed E-state index contributed by atoms with van der Waals surface area (Å²) >= 11 is 0. The molecule has 4 nitrogen and oxygen atoms in total. The lowest BCUT2D eigenvalue weighted by atomic mass is 9.45. The highest BCUT2D eigenvalue weighted by atomic mass is 28.4. The van der Waals surface area contributed by atoms with Crippen LogP contribution in [0.5, 0.6) is 0 Å². The van der Waals surface area contributed by atoms with Crippen LogP contribution in [-0.2, 0) is 14.0 Å². The molecule has 3 saturated carbocycles. The van der Waals surface area contributed by atoms with Crippen molar-refractivity contribution < 1.29 is 14.0 Å². The van der Waals surface area contributed by atoms with E-state index < -0.39 is 16.6 Å². The minimum absolute atomic E-state index is 0.0532. The third-order valence-corrected chi connectivity index (χ3v) is 23.1. The summed E-state index contributed by atoms with van der Waals surface area (Å²) in [5, 5.41) is 0.302. The zero-order valence-electron chi connectivity index (χ0n) is 26.2. The first-order valence-corrected chi connectivity index (χ1v) is 21.0. The van der Waals surface area contributed by atoms with Crippen molar-refractivity contribution in [2.75, 3.05) is 0 Å². The molecule has 0 N–H and O–H groups in total. The van der Waals surface area contributed by atoms with E-state index in [1.165, 1.54) is 25.5 Å². The monoisotopic (exact) mass is 547 g/mol. The van der Waals surface area contributed by atoms with Gasteiger partial charge in [-0.2, -0.15) is 0 Å². The Morgan fingerprint density at radius 2 is 1.49 bits per heavy atom. The van der Waals surface area contributed by atoms with Crippen molar-refractivity contribution in [1.82, 2.24) is 4.57 Å². The van der Waals surface area contributed by atoms with Gasteiger partial charge in [-0.3, -0.25) is 4.79 Å². The van der Waals surface area contributed by atoms with E-state index in [4.69, 9.17) is 4.43 Å². The van der Waals surface area contributed by atoms with Crippen molar-refractivity contribution in [2.24, 2.45) is 34.5 Å². The molecule has 4 aliphatic rings. The second-order valence-electron chi connectivity index (χ2n) is 16.9. The van der Waals surface area contributed by atoms with E-state index in [1.54, 1.807) is 0 Å². The van der Waals surface area contributed by atoms with E-state index in [0.717, 1.165) is 19.3 Å². The SMILES string of the molecule is CC(C)(C)[Si](C)(C)OC1CC[C@H]2[C@@H]3C(C=O)CC4N([Si](C)(C)C(C)(C)C)C(=O)CC[C@]4(C)[C@@H]3CC[C@]12C. The zero-order valence-corrected chi connectivity index (χ0v) is 28.2. The third-order valence-electron chi connectivity index (χ3n) is 13.2. The van der Waals surface area contributed by atoms with Gasteiger partial charge in [-0.05, 0) is 90.3 Å². The predicted molar refractivity (Wildman–Crippen MR) is 158 cm³/mol. The van der Waals surface area contributed by atoms with Crippen molar-refractivity contribution >= 4 is 28.7 Å². The van der Waals surface area contributed by atoms with Gasteiger partial charge in [0.05, 0.1) is 6.10 Å². The Bertz CT molecular complexity index is 918. The van der Waals surface area contributed by atoms with Crippen LogP contribution in [0.4, 0.5) is 0 Å². The minimum atomic E-state index is -2.07. The molecule has 4 fully saturated rings. The number of piperidine rings is 1. The lowest BCUT2D eigenvalue weighted by Crippen LogP contribution is -2.71. The number of carbonyl (C=O) groups excluding carboxylic acids is 2. The molecule has 1 saturated heterocycles. The fraction of sp³-hybridized carbons (Fsp3) is 0.935. The average molecular weight is 548 g/mol. The van der Waals surface area contributed by atoms with Gasteiger partial charge < -0.3 is 13.8 Å². The summed E-state index contributed by atoms with van der Waals surface area (Å²) in [6, 6.07) is 0.205. The normalized spacial score (nSPS) is 41.2. The molecular formula is C31H57NO3Si2. The van der Waals surface area contributed by atoms with Crippen LogP contribution in [0, 0.1) is 34.5 Å². The topological polar surface area (TPSA) is 46.6 Å². The second-order valence-corrected chi connectivity index (χ2v) is 26.8. The van der Waals surface area contributed by atoms with Crippen molar-refractivity contribution in [3.05, 3.63) is 0 Å². The molecule has 0 aromatic rings. The van der Waals surface area contributed by atoms with Crippen molar-refractivity contribution in [3.8, 4) is 0 Å². The first-order valence-electron chi connectivity index (χ1n) is 15.2. The first kappa shape index (κ1) is 29.5. The highest BCUT2D eigenvalue weighted by Gasteiger charge is 2.66. The summed E-state index contributed by atoms with van der Waals surface area (Å²) in [5.74, 6) is 1.90. The Labute approximate surface area is 230 Å². The molecule has 1 aliphatic heterocycles. The largest absolute Gasteiger partial charge is 0.413 e. The van der Waals surface area contributed by atoms with Gasteiger partial charge in [-0.15, -0.1) is 0 Å². The van der Waals surface area contributed by atoms with Crippen LogP contribution in [0.15, 0.2) is 0 Å². The molecule has 212 valence electrons. The van der Waals surface area contributed by atoms with Crippen LogP contribution in [0.3, 0.4) is 0 Å². The van der Waals surface area contributed by atoms with Crippen LogP contribution in [-0.4, -0.2) is 45.5 Å². The van der Waals surface area contributed by atoms with Crippen LogP contribution >= 0.6 is 0 Å². The summed E-state index contributed by atoms with van der Waals surface area (Å²) < 4.78 is 9.53. The van der Waals surface area contributed by atoms with Gasteiger partial charge in [0.1, 0.15) is 6.29 Å². The summed E-state index contributed by atoms with van der Waals surface area (Å²) in [4.78, 5) is 26.4. The highest BCUT2D eigenvalue weighted by molar-refractivity contribution is 6.79. The quantitative estimate of drug-likeness (QED) is 0.264. The molecule has 0 bridgehead atoms. The minimum Gasteiger partial charge on any atom is -0.413 e. The molecule has 37 heavy (non-hydrogen) atoms. The maximum absolute atomic E-state index is 13.6. The van der Waals surface area contributed by atoms with Gasteiger partial charge in [0, 0.05) is 18.4 Å². The van der Waals surface area contributed by atoms with Crippen LogP contribution in [0.25, 0.3) is 0 Å².